The molecular formula is C19H23N3O3. The van der Waals surface area contributed by atoms with E-state index in [4.69, 9.17) is 9.47 Å². The van der Waals surface area contributed by atoms with Crippen LogP contribution in [-0.4, -0.2) is 43.3 Å². The molecule has 0 radical (unpaired) electrons. The molecule has 1 aliphatic rings. The second-order valence-electron chi connectivity index (χ2n) is 5.89. The number of pyridine rings is 1. The van der Waals surface area contributed by atoms with Crippen molar-refractivity contribution in [3.63, 3.8) is 0 Å². The van der Waals surface area contributed by atoms with Crippen LogP contribution in [0.4, 0.5) is 5.69 Å². The maximum absolute atomic E-state index is 12.3. The van der Waals surface area contributed by atoms with Crippen molar-refractivity contribution in [2.24, 2.45) is 0 Å². The molecule has 6 heteroatoms. The molecule has 0 bridgehead atoms. The molecule has 1 fully saturated rings. The molecule has 1 aromatic heterocycles. The van der Waals surface area contributed by atoms with Gasteiger partial charge in [0, 0.05) is 37.3 Å². The maximum atomic E-state index is 12.3. The molecule has 3 rings (SSSR count). The molecule has 2 heterocycles. The van der Waals surface area contributed by atoms with Gasteiger partial charge < -0.3 is 20.1 Å². The highest BCUT2D eigenvalue weighted by atomic mass is 16.5. The molecule has 1 aromatic carbocycles. The number of nitrogens with one attached hydrogen (secondary N) is 2. The monoisotopic (exact) mass is 341 g/mol. The first-order valence-electron chi connectivity index (χ1n) is 8.54. The molecule has 0 saturated carbocycles. The van der Waals surface area contributed by atoms with Crippen LogP contribution in [0.3, 0.4) is 0 Å². The Morgan fingerprint density at radius 1 is 1.28 bits per heavy atom. The Morgan fingerprint density at radius 3 is 2.96 bits per heavy atom. The number of hydrogen-bond acceptors (Lipinski definition) is 5. The van der Waals surface area contributed by atoms with Crippen LogP contribution in [-0.2, 0) is 16.0 Å². The predicted molar refractivity (Wildman–Crippen MR) is 95.7 cm³/mol. The highest BCUT2D eigenvalue weighted by Crippen LogP contribution is 2.24. The van der Waals surface area contributed by atoms with Crippen molar-refractivity contribution in [3.05, 3.63) is 54.4 Å². The lowest BCUT2D eigenvalue weighted by Crippen LogP contribution is -2.43. The number of aromatic nitrogens is 1. The SMILES string of the molecule is O=C(C[C@H]1COCCN1)Nc1ccccc1OCCc1ccccn1. The number of hydrogen-bond donors (Lipinski definition) is 2. The molecular weight excluding hydrogens is 318 g/mol. The van der Waals surface area contributed by atoms with Crippen LogP contribution >= 0.6 is 0 Å². The molecule has 0 unspecified atom stereocenters. The van der Waals surface area contributed by atoms with E-state index in [1.807, 2.05) is 42.5 Å². The third-order valence-electron chi connectivity index (χ3n) is 3.93. The Hall–Kier alpha value is -2.44. The Balaban J connectivity index is 1.52. The average molecular weight is 341 g/mol. The van der Waals surface area contributed by atoms with Crippen LogP contribution in [0.5, 0.6) is 5.75 Å². The smallest absolute Gasteiger partial charge is 0.226 e. The first-order chi connectivity index (χ1) is 12.3. The van der Waals surface area contributed by atoms with E-state index >= 15 is 0 Å². The summed E-state index contributed by atoms with van der Waals surface area (Å²) in [6, 6.07) is 13.4. The van der Waals surface area contributed by atoms with E-state index in [9.17, 15) is 4.79 Å². The van der Waals surface area contributed by atoms with Gasteiger partial charge in [0.2, 0.25) is 5.91 Å². The molecule has 1 saturated heterocycles. The number of amides is 1. The normalized spacial score (nSPS) is 17.0. The lowest BCUT2D eigenvalue weighted by atomic mass is 10.2. The summed E-state index contributed by atoms with van der Waals surface area (Å²) in [4.78, 5) is 16.5. The Morgan fingerprint density at radius 2 is 2.16 bits per heavy atom. The third-order valence-corrected chi connectivity index (χ3v) is 3.93. The first kappa shape index (κ1) is 17.4. The highest BCUT2D eigenvalue weighted by molar-refractivity contribution is 5.92. The van der Waals surface area contributed by atoms with Crippen LogP contribution in [0.25, 0.3) is 0 Å². The minimum Gasteiger partial charge on any atom is -0.491 e. The minimum atomic E-state index is -0.0521. The molecule has 6 nitrogen and oxygen atoms in total. The van der Waals surface area contributed by atoms with Gasteiger partial charge in [0.05, 0.1) is 25.5 Å². The molecule has 25 heavy (non-hydrogen) atoms. The van der Waals surface area contributed by atoms with Crippen molar-refractivity contribution >= 4 is 11.6 Å². The number of ether oxygens (including phenoxy) is 2. The summed E-state index contributed by atoms with van der Waals surface area (Å²) in [7, 11) is 0. The quantitative estimate of drug-likeness (QED) is 0.806. The average Bonchev–Trinajstić information content (AvgIpc) is 2.65. The van der Waals surface area contributed by atoms with Crippen LogP contribution in [0.15, 0.2) is 48.7 Å². The Kier molecular flexibility index (Phi) is 6.36. The summed E-state index contributed by atoms with van der Waals surface area (Å²) >= 11 is 0. The van der Waals surface area contributed by atoms with Gasteiger partial charge in [-0.15, -0.1) is 0 Å². The number of anilines is 1. The molecule has 2 aromatic rings. The van der Waals surface area contributed by atoms with Crippen LogP contribution < -0.4 is 15.4 Å². The van der Waals surface area contributed by atoms with Crippen molar-refractivity contribution in [2.45, 2.75) is 18.9 Å². The fourth-order valence-corrected chi connectivity index (χ4v) is 2.68. The summed E-state index contributed by atoms with van der Waals surface area (Å²) in [6.45, 7) is 2.55. The summed E-state index contributed by atoms with van der Waals surface area (Å²) in [5.41, 5.74) is 1.66. The number of nitrogens with zero attached hydrogens (tertiary/aromatic N) is 1. The first-order valence-corrected chi connectivity index (χ1v) is 8.54. The summed E-state index contributed by atoms with van der Waals surface area (Å²) in [6.07, 6.45) is 2.86. The van der Waals surface area contributed by atoms with E-state index < -0.39 is 0 Å². The molecule has 0 aliphatic carbocycles. The lowest BCUT2D eigenvalue weighted by molar-refractivity contribution is -0.117. The fraction of sp³-hybridized carbons (Fsp3) is 0.368. The zero-order valence-electron chi connectivity index (χ0n) is 14.1. The van der Waals surface area contributed by atoms with Gasteiger partial charge in [-0.3, -0.25) is 9.78 Å². The molecule has 1 atom stereocenters. The van der Waals surface area contributed by atoms with E-state index in [0.29, 0.717) is 44.1 Å². The number of carbonyl (C=O) groups is 1. The van der Waals surface area contributed by atoms with E-state index in [1.165, 1.54) is 0 Å². The van der Waals surface area contributed by atoms with Crippen molar-refractivity contribution in [1.29, 1.82) is 0 Å². The molecule has 1 aliphatic heterocycles. The van der Waals surface area contributed by atoms with Crippen LogP contribution in [0, 0.1) is 0 Å². The number of morpholine rings is 1. The van der Waals surface area contributed by atoms with E-state index in [1.54, 1.807) is 6.20 Å². The van der Waals surface area contributed by atoms with Crippen LogP contribution in [0.1, 0.15) is 12.1 Å². The number of para-hydroxylation sites is 2. The number of benzene rings is 1. The fourth-order valence-electron chi connectivity index (χ4n) is 2.68. The third kappa shape index (κ3) is 5.55. The van der Waals surface area contributed by atoms with Gasteiger partial charge in [0.15, 0.2) is 0 Å². The van der Waals surface area contributed by atoms with Gasteiger partial charge >= 0.3 is 0 Å². The van der Waals surface area contributed by atoms with Crippen LogP contribution in [0.2, 0.25) is 0 Å². The topological polar surface area (TPSA) is 72.5 Å². The number of rotatable bonds is 7. The van der Waals surface area contributed by atoms with Crippen molar-refractivity contribution in [1.82, 2.24) is 10.3 Å². The van der Waals surface area contributed by atoms with E-state index in [2.05, 4.69) is 15.6 Å². The standard InChI is InChI=1S/C19H23N3O3/c23-19(13-16-14-24-12-10-21-16)22-17-6-1-2-7-18(17)25-11-8-15-5-3-4-9-20-15/h1-7,9,16,21H,8,10-14H2,(H,22,23)/t16-/m0/s1. The van der Waals surface area contributed by atoms with Gasteiger partial charge in [-0.25, -0.2) is 0 Å². The van der Waals surface area contributed by atoms with Crippen molar-refractivity contribution < 1.29 is 14.3 Å². The Bertz CT molecular complexity index is 673. The zero-order valence-corrected chi connectivity index (χ0v) is 14.1. The highest BCUT2D eigenvalue weighted by Gasteiger charge is 2.17. The largest absolute Gasteiger partial charge is 0.491 e. The van der Waals surface area contributed by atoms with Gasteiger partial charge in [-0.2, -0.15) is 0 Å². The van der Waals surface area contributed by atoms with E-state index in [0.717, 1.165) is 12.2 Å². The summed E-state index contributed by atoms with van der Waals surface area (Å²) in [5.74, 6) is 0.614. The lowest BCUT2D eigenvalue weighted by Gasteiger charge is -2.23. The summed E-state index contributed by atoms with van der Waals surface area (Å²) in [5, 5.41) is 6.21. The molecule has 2 N–H and O–H groups in total. The van der Waals surface area contributed by atoms with Crippen molar-refractivity contribution in [3.8, 4) is 5.75 Å². The summed E-state index contributed by atoms with van der Waals surface area (Å²) < 4.78 is 11.2. The number of carbonyl (C=O) groups excluding carboxylic acids is 1. The van der Waals surface area contributed by atoms with E-state index in [-0.39, 0.29) is 11.9 Å². The molecule has 0 spiro atoms. The molecule has 132 valence electrons. The van der Waals surface area contributed by atoms with Gasteiger partial charge in [0.25, 0.3) is 0 Å². The van der Waals surface area contributed by atoms with Gasteiger partial charge in [-0.1, -0.05) is 18.2 Å². The Labute approximate surface area is 147 Å². The minimum absolute atomic E-state index is 0.0521. The second-order valence-corrected chi connectivity index (χ2v) is 5.89. The predicted octanol–water partition coefficient (Wildman–Crippen LogP) is 2.02. The maximum Gasteiger partial charge on any atom is 0.226 e. The van der Waals surface area contributed by atoms with Crippen molar-refractivity contribution in [2.75, 3.05) is 31.7 Å². The second kappa shape index (κ2) is 9.15. The zero-order chi connectivity index (χ0) is 17.3. The van der Waals surface area contributed by atoms with Gasteiger partial charge in [0.1, 0.15) is 5.75 Å². The molecule has 1 amide bonds. The van der Waals surface area contributed by atoms with Gasteiger partial charge in [-0.05, 0) is 24.3 Å².